The molecule has 0 aromatic heterocycles. The first-order valence-electron chi connectivity index (χ1n) is 11.2. The summed E-state index contributed by atoms with van der Waals surface area (Å²) < 4.78 is 21.9. The van der Waals surface area contributed by atoms with Crippen LogP contribution in [0.25, 0.3) is 0 Å². The highest BCUT2D eigenvalue weighted by Gasteiger charge is 2.40. The van der Waals surface area contributed by atoms with Gasteiger partial charge in [-0.05, 0) is 35.5 Å². The van der Waals surface area contributed by atoms with Crippen LogP contribution in [0.2, 0.25) is 0 Å². The molecule has 1 aliphatic rings. The van der Waals surface area contributed by atoms with Crippen molar-refractivity contribution in [1.29, 1.82) is 0 Å². The second-order valence-electron chi connectivity index (χ2n) is 11.8. The van der Waals surface area contributed by atoms with Crippen molar-refractivity contribution in [3.63, 3.8) is 0 Å². The zero-order chi connectivity index (χ0) is 23.0. The second kappa shape index (κ2) is 11.5. The molecule has 1 aliphatic heterocycles. The molecule has 0 saturated carbocycles. The maximum absolute atomic E-state index is 12.5. The van der Waals surface area contributed by atoms with Crippen molar-refractivity contribution in [2.75, 3.05) is 33.2 Å². The van der Waals surface area contributed by atoms with E-state index < -0.39 is 5.41 Å². The monoisotopic (exact) mass is 428 g/mol. The number of hydrogen-bond donors (Lipinski definition) is 0. The maximum Gasteiger partial charge on any atom is 0.306 e. The summed E-state index contributed by atoms with van der Waals surface area (Å²) >= 11 is 0. The van der Waals surface area contributed by atoms with Gasteiger partial charge in [-0.3, -0.25) is 9.59 Å². The molecule has 1 heterocycles. The van der Waals surface area contributed by atoms with Crippen LogP contribution in [0.3, 0.4) is 0 Å². The van der Waals surface area contributed by atoms with Gasteiger partial charge in [0.1, 0.15) is 6.79 Å². The molecule has 2 atom stereocenters. The highest BCUT2D eigenvalue weighted by Crippen LogP contribution is 2.32. The molecule has 6 heteroatoms. The molecular formula is C24H44O6. The van der Waals surface area contributed by atoms with Crippen LogP contribution in [0.15, 0.2) is 0 Å². The van der Waals surface area contributed by atoms with E-state index >= 15 is 0 Å². The molecule has 30 heavy (non-hydrogen) atoms. The highest BCUT2D eigenvalue weighted by molar-refractivity contribution is 5.74. The SMILES string of the molecule is C[C@H](COC(=O)CC1(CC(=O)OC[C@H](C)CC(C)(C)C)COCOC1)CC(C)(C)C. The molecular weight excluding hydrogens is 384 g/mol. The van der Waals surface area contributed by atoms with Crippen molar-refractivity contribution in [3.05, 3.63) is 0 Å². The number of esters is 2. The maximum atomic E-state index is 12.5. The van der Waals surface area contributed by atoms with Gasteiger partial charge >= 0.3 is 11.9 Å². The van der Waals surface area contributed by atoms with Gasteiger partial charge < -0.3 is 18.9 Å². The summed E-state index contributed by atoms with van der Waals surface area (Å²) in [7, 11) is 0. The van der Waals surface area contributed by atoms with E-state index in [4.69, 9.17) is 18.9 Å². The third-order valence-corrected chi connectivity index (χ3v) is 5.00. The van der Waals surface area contributed by atoms with E-state index in [2.05, 4.69) is 55.4 Å². The van der Waals surface area contributed by atoms with Gasteiger partial charge in [0.25, 0.3) is 0 Å². The van der Waals surface area contributed by atoms with E-state index in [-0.39, 0.29) is 67.5 Å². The van der Waals surface area contributed by atoms with Gasteiger partial charge in [-0.25, -0.2) is 0 Å². The zero-order valence-electron chi connectivity index (χ0n) is 20.5. The Hall–Kier alpha value is -1.14. The average Bonchev–Trinajstić information content (AvgIpc) is 2.56. The topological polar surface area (TPSA) is 71.1 Å². The lowest BCUT2D eigenvalue weighted by Gasteiger charge is -2.35. The Labute approximate surface area is 183 Å². The van der Waals surface area contributed by atoms with Crippen LogP contribution in [0, 0.1) is 28.1 Å². The first kappa shape index (κ1) is 26.9. The van der Waals surface area contributed by atoms with Crippen LogP contribution in [0.4, 0.5) is 0 Å². The predicted octanol–water partition coefficient (Wildman–Crippen LogP) is 4.99. The van der Waals surface area contributed by atoms with Crippen LogP contribution in [0.1, 0.15) is 81.1 Å². The Balaban J connectivity index is 2.56. The summed E-state index contributed by atoms with van der Waals surface area (Å²) in [5.41, 5.74) is -0.356. The van der Waals surface area contributed by atoms with Gasteiger partial charge in [0.05, 0.1) is 39.3 Å². The van der Waals surface area contributed by atoms with Crippen molar-refractivity contribution in [3.8, 4) is 0 Å². The van der Waals surface area contributed by atoms with Crippen molar-refractivity contribution in [2.24, 2.45) is 28.1 Å². The summed E-state index contributed by atoms with van der Waals surface area (Å²) in [6, 6.07) is 0. The van der Waals surface area contributed by atoms with Crippen molar-refractivity contribution < 1.29 is 28.5 Å². The van der Waals surface area contributed by atoms with Gasteiger partial charge in [-0.2, -0.15) is 0 Å². The van der Waals surface area contributed by atoms with Crippen molar-refractivity contribution in [2.45, 2.75) is 81.1 Å². The van der Waals surface area contributed by atoms with Gasteiger partial charge in [0.2, 0.25) is 0 Å². The number of carbonyl (C=O) groups excluding carboxylic acids is 2. The predicted molar refractivity (Wildman–Crippen MR) is 117 cm³/mol. The number of ether oxygens (including phenoxy) is 4. The lowest BCUT2D eigenvalue weighted by Crippen LogP contribution is -2.42. The molecule has 1 saturated heterocycles. The van der Waals surface area contributed by atoms with Gasteiger partial charge in [-0.15, -0.1) is 0 Å². The Morgan fingerprint density at radius 1 is 0.800 bits per heavy atom. The van der Waals surface area contributed by atoms with E-state index in [1.807, 2.05) is 0 Å². The van der Waals surface area contributed by atoms with Crippen molar-refractivity contribution >= 4 is 11.9 Å². The fourth-order valence-electron chi connectivity index (χ4n) is 4.28. The van der Waals surface area contributed by atoms with E-state index in [0.717, 1.165) is 12.8 Å². The Kier molecular flexibility index (Phi) is 10.3. The summed E-state index contributed by atoms with van der Waals surface area (Å²) in [5.74, 6) is -0.0893. The van der Waals surface area contributed by atoms with Crippen LogP contribution in [0.5, 0.6) is 0 Å². The summed E-state index contributed by atoms with van der Waals surface area (Å²) in [6.45, 7) is 18.7. The molecule has 0 aromatic rings. The minimum atomic E-state index is -0.729. The minimum Gasteiger partial charge on any atom is -0.465 e. The van der Waals surface area contributed by atoms with Gasteiger partial charge in [0.15, 0.2) is 0 Å². The second-order valence-corrected chi connectivity index (χ2v) is 11.8. The standard InChI is InChI=1S/C24H44O6/c1-18(9-22(3,4)5)13-29-20(25)11-24(15-27-17-28-16-24)12-21(26)30-14-19(2)10-23(6,7)8/h18-19H,9-17H2,1-8H3/t18-,19+. The quantitative estimate of drug-likeness (QED) is 0.457. The molecule has 6 nitrogen and oxygen atoms in total. The zero-order valence-corrected chi connectivity index (χ0v) is 20.5. The van der Waals surface area contributed by atoms with Crippen LogP contribution in [-0.4, -0.2) is 45.2 Å². The van der Waals surface area contributed by atoms with Gasteiger partial charge in [-0.1, -0.05) is 55.4 Å². The van der Waals surface area contributed by atoms with E-state index in [0.29, 0.717) is 13.2 Å². The molecule has 0 aliphatic carbocycles. The highest BCUT2D eigenvalue weighted by atomic mass is 16.7. The first-order chi connectivity index (χ1) is 13.7. The Morgan fingerprint density at radius 2 is 1.17 bits per heavy atom. The van der Waals surface area contributed by atoms with Crippen LogP contribution < -0.4 is 0 Å². The first-order valence-corrected chi connectivity index (χ1v) is 11.2. The van der Waals surface area contributed by atoms with E-state index in [1.165, 1.54) is 0 Å². The molecule has 1 rings (SSSR count). The third kappa shape index (κ3) is 11.9. The normalized spacial score (nSPS) is 19.1. The lowest BCUT2D eigenvalue weighted by atomic mass is 9.82. The Morgan fingerprint density at radius 3 is 1.50 bits per heavy atom. The van der Waals surface area contributed by atoms with Crippen LogP contribution in [-0.2, 0) is 28.5 Å². The fourth-order valence-corrected chi connectivity index (χ4v) is 4.28. The fraction of sp³-hybridized carbons (Fsp3) is 0.917. The van der Waals surface area contributed by atoms with E-state index in [1.54, 1.807) is 0 Å². The molecule has 0 N–H and O–H groups in total. The molecule has 0 unspecified atom stereocenters. The molecule has 0 amide bonds. The molecule has 0 radical (unpaired) electrons. The number of carbonyl (C=O) groups is 2. The number of hydrogen-bond acceptors (Lipinski definition) is 6. The third-order valence-electron chi connectivity index (χ3n) is 5.00. The molecule has 1 fully saturated rings. The molecule has 176 valence electrons. The van der Waals surface area contributed by atoms with Crippen LogP contribution >= 0.6 is 0 Å². The number of rotatable bonds is 10. The summed E-state index contributed by atoms with van der Waals surface area (Å²) in [6.07, 6.45) is 2.11. The lowest BCUT2D eigenvalue weighted by molar-refractivity contribution is -0.187. The summed E-state index contributed by atoms with van der Waals surface area (Å²) in [4.78, 5) is 25.0. The Bertz CT molecular complexity index is 495. The largest absolute Gasteiger partial charge is 0.465 e. The molecule has 0 bridgehead atoms. The smallest absolute Gasteiger partial charge is 0.306 e. The van der Waals surface area contributed by atoms with Gasteiger partial charge in [0, 0.05) is 5.41 Å². The average molecular weight is 429 g/mol. The molecule has 0 aromatic carbocycles. The van der Waals surface area contributed by atoms with E-state index in [9.17, 15) is 9.59 Å². The molecule has 0 spiro atoms. The minimum absolute atomic E-state index is 0.0852. The van der Waals surface area contributed by atoms with Crippen molar-refractivity contribution in [1.82, 2.24) is 0 Å². The summed E-state index contributed by atoms with van der Waals surface area (Å²) in [5, 5.41) is 0.